The van der Waals surface area contributed by atoms with E-state index in [1.165, 1.54) is 56.6 Å². The lowest BCUT2D eigenvalue weighted by Crippen LogP contribution is -2.50. The first-order valence-corrected chi connectivity index (χ1v) is 14.2. The van der Waals surface area contributed by atoms with Crippen molar-refractivity contribution in [2.75, 3.05) is 37.8 Å². The van der Waals surface area contributed by atoms with Gasteiger partial charge in [0, 0.05) is 14.1 Å². The second-order valence-electron chi connectivity index (χ2n) is 7.48. The maximum Gasteiger partial charge on any atom is 0.244 e. The first-order chi connectivity index (χ1) is 15.8. The van der Waals surface area contributed by atoms with E-state index in [0.717, 1.165) is 14.9 Å². The Labute approximate surface area is 210 Å². The van der Waals surface area contributed by atoms with Gasteiger partial charge in [-0.05, 0) is 48.9 Å². The lowest BCUT2D eigenvalue weighted by molar-refractivity contribution is -0.122. The molecule has 0 radical (unpaired) electrons. The van der Waals surface area contributed by atoms with Crippen molar-refractivity contribution >= 4 is 54.8 Å². The van der Waals surface area contributed by atoms with Gasteiger partial charge in [0.15, 0.2) is 0 Å². The molecule has 2 rings (SSSR count). The molecule has 0 aromatic heterocycles. The third kappa shape index (κ3) is 6.98. The Hall–Kier alpha value is -2.05. The number of carbonyl (C=O) groups excluding carboxylic acids is 1. The molecule has 2 aromatic rings. The molecule has 0 fully saturated rings. The number of nitrogens with zero attached hydrogens (tertiary/aromatic N) is 2. The number of amides is 1. The summed E-state index contributed by atoms with van der Waals surface area (Å²) >= 11 is 12.0. The minimum absolute atomic E-state index is 0.0909. The highest BCUT2D eigenvalue weighted by Gasteiger charge is 2.31. The van der Waals surface area contributed by atoms with Crippen LogP contribution in [0.25, 0.3) is 0 Å². The zero-order valence-corrected chi connectivity index (χ0v) is 22.3. The van der Waals surface area contributed by atoms with Gasteiger partial charge >= 0.3 is 0 Å². The fraction of sp³-hybridized carbons (Fsp3) is 0.381. The molecule has 1 atom stereocenters. The van der Waals surface area contributed by atoms with E-state index >= 15 is 0 Å². The molecule has 9 nitrogen and oxygen atoms in total. The molecule has 34 heavy (non-hydrogen) atoms. The first-order valence-electron chi connectivity index (χ1n) is 10.2. The molecule has 13 heteroatoms. The third-order valence-electron chi connectivity index (χ3n) is 4.76. The molecule has 0 aliphatic rings. The van der Waals surface area contributed by atoms with Crippen molar-refractivity contribution in [1.82, 2.24) is 9.62 Å². The van der Waals surface area contributed by atoms with E-state index in [4.69, 9.17) is 27.9 Å². The van der Waals surface area contributed by atoms with Gasteiger partial charge in [-0.15, -0.1) is 0 Å². The molecule has 0 unspecified atom stereocenters. The molecule has 0 saturated carbocycles. The van der Waals surface area contributed by atoms with Crippen LogP contribution in [0.2, 0.25) is 10.0 Å². The number of anilines is 1. The second-order valence-corrected chi connectivity index (χ2v) is 12.3. The van der Waals surface area contributed by atoms with Gasteiger partial charge in [-0.25, -0.2) is 21.1 Å². The minimum Gasteiger partial charge on any atom is -0.492 e. The van der Waals surface area contributed by atoms with Crippen molar-refractivity contribution in [3.8, 4) is 5.75 Å². The van der Waals surface area contributed by atoms with Crippen molar-refractivity contribution < 1.29 is 26.4 Å². The first kappa shape index (κ1) is 28.2. The molecular weight excluding hydrogens is 525 g/mol. The SMILES string of the molecule is CC[C@H](C(=O)NCCOc1ccc(S(=O)(=O)N(C)C)cc1)N(c1ccc(Cl)c(Cl)c1)S(C)(=O)=O. The van der Waals surface area contributed by atoms with E-state index in [-0.39, 0.29) is 40.2 Å². The number of ether oxygens (including phenoxy) is 1. The van der Waals surface area contributed by atoms with Crippen molar-refractivity contribution in [2.45, 2.75) is 24.3 Å². The van der Waals surface area contributed by atoms with Gasteiger partial charge in [-0.1, -0.05) is 30.1 Å². The standard InChI is InChI=1S/C21H27Cl2N3O6S2/c1-5-20(26(33(4,28)29)15-6-11-18(22)19(23)14-15)21(27)24-12-13-32-16-7-9-17(10-8-16)34(30,31)25(2)3/h6-11,14,20H,5,12-13H2,1-4H3,(H,24,27)/t20-/m1/s1. The van der Waals surface area contributed by atoms with Crippen LogP contribution in [0, 0.1) is 0 Å². The van der Waals surface area contributed by atoms with Crippen LogP contribution in [0.1, 0.15) is 13.3 Å². The zero-order chi connectivity index (χ0) is 25.7. The van der Waals surface area contributed by atoms with Gasteiger partial charge in [0.25, 0.3) is 0 Å². The van der Waals surface area contributed by atoms with E-state index in [2.05, 4.69) is 5.32 Å². The fourth-order valence-electron chi connectivity index (χ4n) is 3.06. The van der Waals surface area contributed by atoms with Gasteiger partial charge in [0.2, 0.25) is 26.0 Å². The smallest absolute Gasteiger partial charge is 0.244 e. The molecule has 0 aliphatic heterocycles. The lowest BCUT2D eigenvalue weighted by atomic mass is 10.2. The van der Waals surface area contributed by atoms with Crippen LogP contribution in [0.3, 0.4) is 0 Å². The number of rotatable bonds is 11. The van der Waals surface area contributed by atoms with Crippen molar-refractivity contribution in [3.05, 3.63) is 52.5 Å². The molecule has 2 aromatic carbocycles. The number of nitrogens with one attached hydrogen (secondary N) is 1. The number of benzene rings is 2. The van der Waals surface area contributed by atoms with Crippen LogP contribution in [0.15, 0.2) is 47.4 Å². The molecule has 188 valence electrons. The Morgan fingerprint density at radius 2 is 1.65 bits per heavy atom. The Bertz CT molecular complexity index is 1220. The largest absolute Gasteiger partial charge is 0.492 e. The summed E-state index contributed by atoms with van der Waals surface area (Å²) in [5.74, 6) is -0.0809. The number of carbonyl (C=O) groups is 1. The van der Waals surface area contributed by atoms with E-state index in [1.54, 1.807) is 6.92 Å². The Kier molecular flexibility index (Phi) is 9.61. The number of sulfonamides is 2. The molecule has 0 saturated heterocycles. The normalized spacial score (nSPS) is 12.9. The topological polar surface area (TPSA) is 113 Å². The van der Waals surface area contributed by atoms with Crippen LogP contribution < -0.4 is 14.4 Å². The van der Waals surface area contributed by atoms with E-state index in [1.807, 2.05) is 0 Å². The second kappa shape index (κ2) is 11.6. The molecule has 0 spiro atoms. The van der Waals surface area contributed by atoms with Gasteiger partial charge < -0.3 is 10.1 Å². The summed E-state index contributed by atoms with van der Waals surface area (Å²) in [6.45, 7) is 1.89. The molecule has 1 amide bonds. The molecule has 0 aliphatic carbocycles. The van der Waals surface area contributed by atoms with Gasteiger partial charge in [-0.2, -0.15) is 0 Å². The highest BCUT2D eigenvalue weighted by atomic mass is 35.5. The summed E-state index contributed by atoms with van der Waals surface area (Å²) in [7, 11) is -4.47. The number of hydrogen-bond acceptors (Lipinski definition) is 6. The predicted molar refractivity (Wildman–Crippen MR) is 134 cm³/mol. The van der Waals surface area contributed by atoms with E-state index in [0.29, 0.717) is 5.75 Å². The third-order valence-corrected chi connectivity index (χ3v) is 8.51. The van der Waals surface area contributed by atoms with Crippen LogP contribution >= 0.6 is 23.2 Å². The summed E-state index contributed by atoms with van der Waals surface area (Å²) in [4.78, 5) is 12.9. The maximum absolute atomic E-state index is 12.8. The molecular formula is C21H27Cl2N3O6S2. The van der Waals surface area contributed by atoms with Crippen LogP contribution in [-0.4, -0.2) is 66.6 Å². The summed E-state index contributed by atoms with van der Waals surface area (Å²) in [6.07, 6.45) is 1.22. The van der Waals surface area contributed by atoms with Crippen molar-refractivity contribution in [3.63, 3.8) is 0 Å². The summed E-state index contributed by atoms with van der Waals surface area (Å²) in [5.41, 5.74) is 0.225. The zero-order valence-electron chi connectivity index (χ0n) is 19.2. The Balaban J connectivity index is 2.03. The van der Waals surface area contributed by atoms with E-state index in [9.17, 15) is 21.6 Å². The van der Waals surface area contributed by atoms with Crippen molar-refractivity contribution in [2.24, 2.45) is 0 Å². The maximum atomic E-state index is 12.8. The highest BCUT2D eigenvalue weighted by molar-refractivity contribution is 7.92. The average molecular weight is 553 g/mol. The van der Waals surface area contributed by atoms with Gasteiger partial charge in [0.1, 0.15) is 18.4 Å². The summed E-state index contributed by atoms with van der Waals surface area (Å²) in [6, 6.07) is 9.22. The average Bonchev–Trinajstić information content (AvgIpc) is 2.76. The molecule has 1 N–H and O–H groups in total. The van der Waals surface area contributed by atoms with Gasteiger partial charge in [-0.3, -0.25) is 9.10 Å². The van der Waals surface area contributed by atoms with Crippen LogP contribution in [0.4, 0.5) is 5.69 Å². The minimum atomic E-state index is -3.81. The Morgan fingerprint density at radius 3 is 2.15 bits per heavy atom. The van der Waals surface area contributed by atoms with E-state index < -0.39 is 32.0 Å². The molecule has 0 heterocycles. The predicted octanol–water partition coefficient (Wildman–Crippen LogP) is 2.98. The Morgan fingerprint density at radius 1 is 1.03 bits per heavy atom. The quantitative estimate of drug-likeness (QED) is 0.429. The van der Waals surface area contributed by atoms with Crippen molar-refractivity contribution in [1.29, 1.82) is 0 Å². The summed E-state index contributed by atoms with van der Waals surface area (Å²) < 4.78 is 56.9. The fourth-order valence-corrected chi connectivity index (χ4v) is 5.46. The number of halogens is 2. The monoisotopic (exact) mass is 551 g/mol. The van der Waals surface area contributed by atoms with Crippen LogP contribution in [0.5, 0.6) is 5.75 Å². The van der Waals surface area contributed by atoms with Gasteiger partial charge in [0.05, 0.1) is 33.4 Å². The lowest BCUT2D eigenvalue weighted by Gasteiger charge is -2.30. The summed E-state index contributed by atoms with van der Waals surface area (Å²) in [5, 5.41) is 3.10. The number of hydrogen-bond donors (Lipinski definition) is 1. The van der Waals surface area contributed by atoms with Crippen LogP contribution in [-0.2, 0) is 24.8 Å². The highest BCUT2D eigenvalue weighted by Crippen LogP contribution is 2.30. The molecule has 0 bridgehead atoms.